The lowest BCUT2D eigenvalue weighted by Crippen LogP contribution is -1.95. The Hall–Kier alpha value is -2.95. The Morgan fingerprint density at radius 1 is 1.04 bits per heavy atom. The van der Waals surface area contributed by atoms with Crippen molar-refractivity contribution < 1.29 is 18.7 Å². The van der Waals surface area contributed by atoms with Crippen LogP contribution < -0.4 is 14.2 Å². The van der Waals surface area contributed by atoms with Gasteiger partial charge in [0, 0.05) is 17.5 Å². The Labute approximate surface area is 146 Å². The summed E-state index contributed by atoms with van der Waals surface area (Å²) in [6.07, 6.45) is 2.62. The smallest absolute Gasteiger partial charge is 0.163 e. The Morgan fingerprint density at radius 2 is 1.92 bits per heavy atom. The van der Waals surface area contributed by atoms with Gasteiger partial charge in [0.1, 0.15) is 17.7 Å². The molecule has 0 N–H and O–H groups in total. The minimum absolute atomic E-state index is 0.670. The molecule has 0 saturated heterocycles. The summed E-state index contributed by atoms with van der Waals surface area (Å²) in [7, 11) is 3.26. The van der Waals surface area contributed by atoms with Crippen LogP contribution in [0.5, 0.6) is 17.2 Å². The molecule has 0 radical (unpaired) electrons. The third-order valence-corrected chi connectivity index (χ3v) is 4.51. The number of methoxy groups -OCH3 is 2. The summed E-state index contributed by atoms with van der Waals surface area (Å²) in [6, 6.07) is 10.2. The second-order valence-electron chi connectivity index (χ2n) is 6.03. The topological polar surface area (TPSA) is 53.7 Å². The molecule has 128 valence electrons. The summed E-state index contributed by atoms with van der Waals surface area (Å²) in [5, 5.41) is 4.22. The second kappa shape index (κ2) is 6.16. The maximum Gasteiger partial charge on any atom is 0.163 e. The van der Waals surface area contributed by atoms with E-state index in [1.807, 2.05) is 25.1 Å². The van der Waals surface area contributed by atoms with Gasteiger partial charge in [-0.1, -0.05) is 17.3 Å². The zero-order valence-corrected chi connectivity index (χ0v) is 14.5. The lowest BCUT2D eigenvalue weighted by atomic mass is 9.98. The normalized spacial score (nSPS) is 12.6. The molecule has 0 unspecified atom stereocenters. The molecule has 2 heterocycles. The number of benzene rings is 2. The van der Waals surface area contributed by atoms with Crippen molar-refractivity contribution in [2.75, 3.05) is 20.8 Å². The van der Waals surface area contributed by atoms with Crippen molar-refractivity contribution in [2.24, 2.45) is 0 Å². The molecule has 5 nitrogen and oxygen atoms in total. The highest BCUT2D eigenvalue weighted by molar-refractivity contribution is 5.82. The molecule has 1 aliphatic heterocycles. The summed E-state index contributed by atoms with van der Waals surface area (Å²) in [6.45, 7) is 2.72. The molecule has 0 fully saturated rings. The van der Waals surface area contributed by atoms with Crippen molar-refractivity contribution in [1.29, 1.82) is 0 Å². The second-order valence-corrected chi connectivity index (χ2v) is 6.03. The van der Waals surface area contributed by atoms with Crippen LogP contribution in [0.4, 0.5) is 0 Å². The van der Waals surface area contributed by atoms with E-state index < -0.39 is 0 Å². The molecular weight excluding hydrogens is 318 g/mol. The molecule has 1 aliphatic rings. The molecule has 0 aliphatic carbocycles. The van der Waals surface area contributed by atoms with Crippen LogP contribution in [-0.4, -0.2) is 26.0 Å². The summed E-state index contributed by atoms with van der Waals surface area (Å²) < 4.78 is 21.8. The first-order valence-electron chi connectivity index (χ1n) is 8.14. The van der Waals surface area contributed by atoms with Crippen LogP contribution in [0.15, 0.2) is 41.1 Å². The van der Waals surface area contributed by atoms with Crippen LogP contribution in [0, 0.1) is 6.92 Å². The Bertz CT molecular complexity index is 929. The molecule has 4 rings (SSSR count). The Kier molecular flexibility index (Phi) is 3.84. The molecule has 5 heteroatoms. The summed E-state index contributed by atoms with van der Waals surface area (Å²) >= 11 is 0. The quantitative estimate of drug-likeness (QED) is 0.712. The van der Waals surface area contributed by atoms with E-state index >= 15 is 0 Å². The van der Waals surface area contributed by atoms with Gasteiger partial charge in [0.25, 0.3) is 0 Å². The highest BCUT2D eigenvalue weighted by atomic mass is 16.5. The van der Waals surface area contributed by atoms with Gasteiger partial charge in [-0.25, -0.2) is 0 Å². The summed E-state index contributed by atoms with van der Waals surface area (Å²) in [4.78, 5) is 0. The SMILES string of the molecule is COc1cc(-c2nocc2-c2ccc3c(c2)OCC3)cc(C)c1OC. The van der Waals surface area contributed by atoms with Crippen molar-refractivity contribution in [3.8, 4) is 39.6 Å². The van der Waals surface area contributed by atoms with Gasteiger partial charge in [-0.15, -0.1) is 0 Å². The molecule has 1 aromatic heterocycles. The number of rotatable bonds is 4. The first-order chi connectivity index (χ1) is 12.2. The van der Waals surface area contributed by atoms with E-state index in [4.69, 9.17) is 18.7 Å². The molecule has 0 amide bonds. The van der Waals surface area contributed by atoms with Crippen molar-refractivity contribution in [2.45, 2.75) is 13.3 Å². The number of nitrogens with zero attached hydrogens (tertiary/aromatic N) is 1. The van der Waals surface area contributed by atoms with Gasteiger partial charge in [-0.3, -0.25) is 0 Å². The molecule has 0 saturated carbocycles. The molecule has 0 bridgehead atoms. The van der Waals surface area contributed by atoms with E-state index in [1.165, 1.54) is 5.56 Å². The van der Waals surface area contributed by atoms with Crippen molar-refractivity contribution in [3.05, 3.63) is 47.7 Å². The maximum absolute atomic E-state index is 5.68. The van der Waals surface area contributed by atoms with E-state index in [1.54, 1.807) is 20.5 Å². The van der Waals surface area contributed by atoms with Crippen LogP contribution in [0.1, 0.15) is 11.1 Å². The predicted molar refractivity (Wildman–Crippen MR) is 94.4 cm³/mol. The van der Waals surface area contributed by atoms with Crippen LogP contribution in [0.2, 0.25) is 0 Å². The number of aryl methyl sites for hydroxylation is 1. The fraction of sp³-hybridized carbons (Fsp3) is 0.250. The lowest BCUT2D eigenvalue weighted by molar-refractivity contribution is 0.353. The van der Waals surface area contributed by atoms with Crippen LogP contribution in [-0.2, 0) is 6.42 Å². The van der Waals surface area contributed by atoms with Crippen LogP contribution >= 0.6 is 0 Å². The van der Waals surface area contributed by atoms with Gasteiger partial charge < -0.3 is 18.7 Å². The fourth-order valence-electron chi connectivity index (χ4n) is 3.28. The van der Waals surface area contributed by atoms with Gasteiger partial charge >= 0.3 is 0 Å². The fourth-order valence-corrected chi connectivity index (χ4v) is 3.28. The van der Waals surface area contributed by atoms with E-state index in [2.05, 4.69) is 17.3 Å². The number of fused-ring (bicyclic) bond motifs is 1. The van der Waals surface area contributed by atoms with E-state index in [-0.39, 0.29) is 0 Å². The third-order valence-electron chi connectivity index (χ3n) is 4.51. The minimum atomic E-state index is 0.670. The maximum atomic E-state index is 5.68. The molecule has 0 atom stereocenters. The minimum Gasteiger partial charge on any atom is -0.493 e. The largest absolute Gasteiger partial charge is 0.493 e. The van der Waals surface area contributed by atoms with Crippen LogP contribution in [0.25, 0.3) is 22.4 Å². The van der Waals surface area contributed by atoms with Gasteiger partial charge in [-0.2, -0.15) is 0 Å². The zero-order chi connectivity index (χ0) is 17.4. The standard InChI is InChI=1S/C20H19NO4/c1-12-8-15(10-18(22-2)20(12)23-3)19-16(11-25-21-19)14-5-4-13-6-7-24-17(13)9-14/h4-5,8-11H,6-7H2,1-3H3. The molecule has 2 aromatic carbocycles. The van der Waals surface area contributed by atoms with Crippen LogP contribution in [0.3, 0.4) is 0 Å². The Balaban J connectivity index is 1.81. The first kappa shape index (κ1) is 15.6. The van der Waals surface area contributed by atoms with E-state index in [9.17, 15) is 0 Å². The van der Waals surface area contributed by atoms with Gasteiger partial charge in [-0.05, 0) is 41.8 Å². The highest BCUT2D eigenvalue weighted by Gasteiger charge is 2.19. The number of hydrogen-bond donors (Lipinski definition) is 0. The predicted octanol–water partition coefficient (Wildman–Crippen LogP) is 4.27. The van der Waals surface area contributed by atoms with Crippen molar-refractivity contribution >= 4 is 0 Å². The van der Waals surface area contributed by atoms with Gasteiger partial charge in [0.05, 0.1) is 20.8 Å². The molecular formula is C20H19NO4. The average Bonchev–Trinajstić information content (AvgIpc) is 3.29. The first-order valence-corrected chi connectivity index (χ1v) is 8.14. The van der Waals surface area contributed by atoms with Gasteiger partial charge in [0.15, 0.2) is 11.5 Å². The average molecular weight is 337 g/mol. The molecule has 0 spiro atoms. The molecule has 25 heavy (non-hydrogen) atoms. The zero-order valence-electron chi connectivity index (χ0n) is 14.5. The van der Waals surface area contributed by atoms with Crippen molar-refractivity contribution in [3.63, 3.8) is 0 Å². The highest BCUT2D eigenvalue weighted by Crippen LogP contribution is 2.40. The number of aromatic nitrogens is 1. The number of hydrogen-bond acceptors (Lipinski definition) is 5. The monoisotopic (exact) mass is 337 g/mol. The van der Waals surface area contributed by atoms with E-state index in [0.717, 1.165) is 52.5 Å². The number of ether oxygens (including phenoxy) is 3. The van der Waals surface area contributed by atoms with E-state index in [0.29, 0.717) is 5.75 Å². The third kappa shape index (κ3) is 2.61. The summed E-state index contributed by atoms with van der Waals surface area (Å²) in [5.41, 5.74) is 5.84. The van der Waals surface area contributed by atoms with Crippen molar-refractivity contribution in [1.82, 2.24) is 5.16 Å². The Morgan fingerprint density at radius 3 is 2.72 bits per heavy atom. The lowest BCUT2D eigenvalue weighted by Gasteiger charge is -2.12. The molecule has 3 aromatic rings. The van der Waals surface area contributed by atoms with Gasteiger partial charge in [0.2, 0.25) is 0 Å². The summed E-state index contributed by atoms with van der Waals surface area (Å²) in [5.74, 6) is 2.33.